The summed E-state index contributed by atoms with van der Waals surface area (Å²) in [6, 6.07) is 51.0. The van der Waals surface area contributed by atoms with Gasteiger partial charge >= 0.3 is 17.9 Å². The number of benzene rings is 6. The van der Waals surface area contributed by atoms with E-state index in [0.29, 0.717) is 50.1 Å². The number of methoxy groups -OCH3 is 2. The fraction of sp³-hybridized carbons (Fsp3) is 0.306. The number of ether oxygens (including phenoxy) is 7. The molecule has 6 atom stereocenters. The fourth-order valence-corrected chi connectivity index (χ4v) is 12.1. The van der Waals surface area contributed by atoms with Crippen molar-refractivity contribution in [3.8, 4) is 11.5 Å². The molecular formula is C72H76N10O16. The van der Waals surface area contributed by atoms with Gasteiger partial charge in [0.05, 0.1) is 65.5 Å². The molecule has 1 amide bonds. The summed E-state index contributed by atoms with van der Waals surface area (Å²) in [4.78, 5) is 90.6. The number of aliphatic hydroxyl groups is 2. The Balaban J connectivity index is 0.000000188. The molecule has 3 fully saturated rings. The van der Waals surface area contributed by atoms with Gasteiger partial charge in [0.25, 0.3) is 11.1 Å². The summed E-state index contributed by atoms with van der Waals surface area (Å²) in [5.41, 5.74) is 10.7. The zero-order valence-electron chi connectivity index (χ0n) is 53.1. The van der Waals surface area contributed by atoms with Crippen LogP contribution >= 0.6 is 0 Å². The maximum atomic E-state index is 12.7. The molecule has 510 valence electrons. The predicted molar refractivity (Wildman–Crippen MR) is 359 cm³/mol. The molecule has 0 spiro atoms. The molecule has 0 saturated carbocycles. The van der Waals surface area contributed by atoms with Gasteiger partial charge in [0.2, 0.25) is 17.8 Å². The van der Waals surface area contributed by atoms with Crippen LogP contribution in [0.15, 0.2) is 180 Å². The van der Waals surface area contributed by atoms with Crippen LogP contribution in [-0.2, 0) is 67.3 Å². The highest BCUT2D eigenvalue weighted by Crippen LogP contribution is 2.45. The lowest BCUT2D eigenvalue weighted by Crippen LogP contribution is -2.35. The number of imidazole rings is 2. The molecule has 4 aromatic heterocycles. The summed E-state index contributed by atoms with van der Waals surface area (Å²) in [5.74, 6) is -1.60. The van der Waals surface area contributed by atoms with Crippen LogP contribution in [0.5, 0.6) is 11.5 Å². The van der Waals surface area contributed by atoms with Gasteiger partial charge in [-0.05, 0) is 107 Å². The lowest BCUT2D eigenvalue weighted by atomic mass is 9.79. The van der Waals surface area contributed by atoms with Crippen molar-refractivity contribution in [3.05, 3.63) is 236 Å². The van der Waals surface area contributed by atoms with E-state index in [1.165, 1.54) is 6.33 Å². The summed E-state index contributed by atoms with van der Waals surface area (Å²) in [7, 11) is 3.25. The van der Waals surface area contributed by atoms with Crippen molar-refractivity contribution < 1.29 is 67.7 Å². The van der Waals surface area contributed by atoms with Crippen molar-refractivity contribution in [1.29, 1.82) is 0 Å². The monoisotopic (exact) mass is 1340 g/mol. The lowest BCUT2D eigenvalue weighted by molar-refractivity contribution is -0.158. The van der Waals surface area contributed by atoms with Gasteiger partial charge < -0.3 is 54.2 Å². The van der Waals surface area contributed by atoms with E-state index in [9.17, 15) is 39.0 Å². The number of hydrogen-bond acceptors (Lipinski definition) is 20. The van der Waals surface area contributed by atoms with Crippen LogP contribution in [0.3, 0.4) is 0 Å². The first-order valence-corrected chi connectivity index (χ1v) is 31.4. The molecule has 0 radical (unpaired) electrons. The quantitative estimate of drug-likeness (QED) is 0.0200. The Morgan fingerprint density at radius 1 is 0.571 bits per heavy atom. The van der Waals surface area contributed by atoms with Crippen LogP contribution in [0.2, 0.25) is 0 Å². The Kier molecular flexibility index (Phi) is 22.8. The Bertz CT molecular complexity index is 4360. The molecule has 8 N–H and O–H groups in total. The molecule has 3 saturated heterocycles. The van der Waals surface area contributed by atoms with Gasteiger partial charge in [0.1, 0.15) is 41.6 Å². The highest BCUT2D eigenvalue weighted by atomic mass is 16.6. The number of amides is 1. The SMILES string of the molecule is C.COc1ccc(C(OC[C@@H]2CC[C@H](n3cnc4c(=O)[nH]c(N)nc43)O2)(c2ccccc2)c2ccc(CO)cc2)cc1.COc1ccc(C(OC[C@@H]2CC[C@H](n3cnc4c(=O)[nH]c(NC(=O)CC(=O)O)nc43)O2)(c2ccccc2)c2ccc(CO)cc2)cc1.O=C1CCCCC(=O)O1. The van der Waals surface area contributed by atoms with Crippen LogP contribution in [0.4, 0.5) is 11.9 Å². The third-order valence-corrected chi connectivity index (χ3v) is 16.9. The van der Waals surface area contributed by atoms with E-state index >= 15 is 0 Å². The minimum atomic E-state index is -1.31. The topological polar surface area (TPSA) is 359 Å². The minimum Gasteiger partial charge on any atom is -0.497 e. The molecule has 3 aliphatic rings. The van der Waals surface area contributed by atoms with Crippen molar-refractivity contribution in [2.75, 3.05) is 38.5 Å². The van der Waals surface area contributed by atoms with Gasteiger partial charge in [0, 0.05) is 12.8 Å². The highest BCUT2D eigenvalue weighted by Gasteiger charge is 2.42. The third kappa shape index (κ3) is 15.7. The Labute approximate surface area is 562 Å². The number of carboxylic acids is 1. The maximum absolute atomic E-state index is 12.7. The van der Waals surface area contributed by atoms with Gasteiger partial charge in [-0.3, -0.25) is 53.2 Å². The number of aromatic amines is 2. The molecule has 26 nitrogen and oxygen atoms in total. The van der Waals surface area contributed by atoms with Crippen LogP contribution in [0.1, 0.15) is 122 Å². The fourth-order valence-electron chi connectivity index (χ4n) is 12.1. The molecule has 3 aliphatic heterocycles. The minimum absolute atomic E-state index is 0. The number of aromatic nitrogens is 8. The first-order valence-electron chi connectivity index (χ1n) is 31.4. The molecule has 7 heterocycles. The Morgan fingerprint density at radius 2 is 0.969 bits per heavy atom. The average Bonchev–Trinajstić information content (AvgIpc) is 1.04. The largest absolute Gasteiger partial charge is 0.497 e. The second-order valence-corrected chi connectivity index (χ2v) is 23.1. The molecular weight excluding hydrogens is 1260 g/mol. The van der Waals surface area contributed by atoms with Crippen LogP contribution in [-0.4, -0.2) is 118 Å². The number of nitrogens with two attached hydrogens (primary N) is 1. The van der Waals surface area contributed by atoms with E-state index in [4.69, 9.17) is 39.3 Å². The summed E-state index contributed by atoms with van der Waals surface area (Å²) in [6.45, 7) is 0.367. The van der Waals surface area contributed by atoms with Crippen LogP contribution in [0, 0.1) is 0 Å². The number of hydrogen-bond donors (Lipinski definition) is 7. The number of aliphatic carboxylic acids is 1. The smallest absolute Gasteiger partial charge is 0.313 e. The third-order valence-electron chi connectivity index (χ3n) is 16.9. The number of H-pyrrole nitrogens is 2. The molecule has 0 aliphatic carbocycles. The number of rotatable bonds is 21. The number of nitrogens with one attached hydrogen (secondary N) is 3. The summed E-state index contributed by atoms with van der Waals surface area (Å²) >= 11 is 0. The van der Waals surface area contributed by atoms with E-state index in [-0.39, 0.29) is 91.8 Å². The number of carbonyl (C=O) groups is 4. The number of esters is 2. The van der Waals surface area contributed by atoms with Gasteiger partial charge in [-0.2, -0.15) is 9.97 Å². The van der Waals surface area contributed by atoms with Crippen molar-refractivity contribution in [2.45, 2.75) is 114 Å². The van der Waals surface area contributed by atoms with Crippen molar-refractivity contribution in [2.24, 2.45) is 0 Å². The number of carbonyl (C=O) groups excluding carboxylic acids is 3. The van der Waals surface area contributed by atoms with E-state index in [0.717, 1.165) is 69.5 Å². The number of anilines is 2. The second-order valence-electron chi connectivity index (χ2n) is 23.1. The normalized spacial score (nSPS) is 17.9. The summed E-state index contributed by atoms with van der Waals surface area (Å²) < 4.78 is 45.3. The average molecular weight is 1340 g/mol. The first-order chi connectivity index (χ1) is 47.1. The number of cyclic esters (lactones) is 2. The molecule has 6 aromatic carbocycles. The Hall–Kier alpha value is -10.7. The van der Waals surface area contributed by atoms with E-state index in [1.807, 2.05) is 158 Å². The van der Waals surface area contributed by atoms with Gasteiger partial charge in [-0.1, -0.05) is 141 Å². The molecule has 13 rings (SSSR count). The summed E-state index contributed by atoms with van der Waals surface area (Å²) in [6.07, 6.45) is 5.77. The zero-order valence-corrected chi connectivity index (χ0v) is 53.1. The summed E-state index contributed by atoms with van der Waals surface area (Å²) in [5, 5.41) is 30.6. The van der Waals surface area contributed by atoms with Crippen molar-refractivity contribution in [1.82, 2.24) is 39.0 Å². The van der Waals surface area contributed by atoms with Gasteiger partial charge in [0.15, 0.2) is 22.3 Å². The van der Waals surface area contributed by atoms with Gasteiger partial charge in [-0.25, -0.2) is 9.97 Å². The number of aliphatic hydroxyl groups excluding tert-OH is 2. The van der Waals surface area contributed by atoms with E-state index in [2.05, 4.69) is 40.0 Å². The lowest BCUT2D eigenvalue weighted by Gasteiger charge is -2.37. The number of fused-ring (bicyclic) bond motifs is 2. The molecule has 0 bridgehead atoms. The van der Waals surface area contributed by atoms with Crippen LogP contribution in [0.25, 0.3) is 22.3 Å². The Morgan fingerprint density at radius 3 is 1.38 bits per heavy atom. The number of carboxylic acid groups (broad SMARTS) is 1. The first kappa shape index (κ1) is 70.1. The van der Waals surface area contributed by atoms with E-state index < -0.39 is 41.3 Å². The van der Waals surface area contributed by atoms with Gasteiger partial charge in [-0.15, -0.1) is 0 Å². The van der Waals surface area contributed by atoms with Crippen molar-refractivity contribution in [3.63, 3.8) is 0 Å². The highest BCUT2D eigenvalue weighted by molar-refractivity contribution is 6.00. The molecule has 98 heavy (non-hydrogen) atoms. The molecule has 10 aromatic rings. The predicted octanol–water partition coefficient (Wildman–Crippen LogP) is 8.88. The second kappa shape index (κ2) is 31.9. The zero-order chi connectivity index (χ0) is 68.1. The van der Waals surface area contributed by atoms with Crippen molar-refractivity contribution >= 4 is 58.0 Å². The maximum Gasteiger partial charge on any atom is 0.313 e. The standard InChI is InChI=1S/C34H33N5O8.C31H31N5O5.C6H8O3.CH4/c1-45-25-13-11-24(12-14-25)34(22-5-3-2-4-6-22,23-9-7-21(18-40)8-10-23)46-19-26-15-16-28(47-26)39-20-35-30-31(39)37-33(38-32(30)44)36-27(41)17-29(42)43;1-39-24-13-11-23(12-14-24)31(21-5-3-2-4-6-21,22-9-7-20(17-37)8-10-22)40-18-25-15-16-26(41-25)36-19-33-27-28(36)34-30(32)35-29(27)38;7-5-3-1-2-4-6(8)9-5;/h2-14,20,26,28,40H,15-19H2,1H3,(H,42,43)(H2,36,37,38,41,44);2-14,19,25-26,37H,15-18H2,1H3,(H3,32,34,35,38);1-4H2;1H4/t26-,28+,34?;25-,26+,31?;;/m00../s1. The molecule has 2 unspecified atom stereocenters. The number of nitrogen functional groups attached to an aromatic ring is 1. The van der Waals surface area contributed by atoms with E-state index in [1.54, 1.807) is 29.7 Å². The number of nitrogens with zero attached hydrogens (tertiary/aromatic N) is 6. The van der Waals surface area contributed by atoms with Crippen LogP contribution < -0.4 is 31.6 Å². The molecule has 26 heteroatoms.